The van der Waals surface area contributed by atoms with Crippen molar-refractivity contribution in [1.82, 2.24) is 4.31 Å². The van der Waals surface area contributed by atoms with Gasteiger partial charge in [-0.15, -0.1) is 0 Å². The number of nitrogens with one attached hydrogen (secondary N) is 1. The summed E-state index contributed by atoms with van der Waals surface area (Å²) in [6.45, 7) is 1.95. The molecule has 1 amide bonds. The van der Waals surface area contributed by atoms with Gasteiger partial charge in [-0.25, -0.2) is 12.7 Å². The van der Waals surface area contributed by atoms with E-state index in [0.29, 0.717) is 10.2 Å². The monoisotopic (exact) mass is 474 g/mol. The van der Waals surface area contributed by atoms with Gasteiger partial charge in [0.15, 0.2) is 0 Å². The molecule has 2 rings (SSSR count). The number of rotatable bonds is 4. The Hall–Kier alpha value is -1.22. The second kappa shape index (κ2) is 7.35. The number of carbonyl (C=O) groups is 1. The molecule has 0 heterocycles. The molecule has 0 spiro atoms. The summed E-state index contributed by atoms with van der Waals surface area (Å²) in [6.07, 6.45) is 0. The first-order chi connectivity index (χ1) is 11.1. The number of anilines is 1. The molecule has 2 aromatic carbocycles. The second-order valence-corrected chi connectivity index (χ2v) is 9.18. The molecule has 8 heteroatoms. The molecule has 0 bridgehead atoms. The lowest BCUT2D eigenvalue weighted by Crippen LogP contribution is -2.23. The lowest BCUT2D eigenvalue weighted by Gasteiger charge is -2.14. The van der Waals surface area contributed by atoms with Crippen molar-refractivity contribution in [2.45, 2.75) is 11.8 Å². The fourth-order valence-electron chi connectivity index (χ4n) is 1.91. The molecule has 5 nitrogen and oxygen atoms in total. The van der Waals surface area contributed by atoms with Crippen LogP contribution in [0, 0.1) is 6.92 Å². The minimum atomic E-state index is -3.65. The molecule has 0 unspecified atom stereocenters. The molecule has 2 aromatic rings. The summed E-state index contributed by atoms with van der Waals surface area (Å²) in [5.74, 6) is -0.381. The Morgan fingerprint density at radius 2 is 1.71 bits per heavy atom. The number of hydrogen-bond donors (Lipinski definition) is 1. The average Bonchev–Trinajstić information content (AvgIpc) is 2.51. The molecule has 0 saturated carbocycles. The van der Waals surface area contributed by atoms with Crippen LogP contribution in [0.3, 0.4) is 0 Å². The Balaban J connectivity index is 2.35. The molecule has 0 aliphatic carbocycles. The Bertz CT molecular complexity index is 896. The second-order valence-electron chi connectivity index (χ2n) is 5.35. The smallest absolute Gasteiger partial charge is 0.255 e. The van der Waals surface area contributed by atoms with Crippen LogP contribution in [0.2, 0.25) is 0 Å². The fraction of sp³-hybridized carbons (Fsp3) is 0.188. The third-order valence-electron chi connectivity index (χ3n) is 3.38. The Labute approximate surface area is 158 Å². The fourth-order valence-corrected chi connectivity index (χ4v) is 4.14. The van der Waals surface area contributed by atoms with E-state index in [0.717, 1.165) is 14.3 Å². The predicted octanol–water partition coefficient (Wildman–Crippen LogP) is 4.02. The summed E-state index contributed by atoms with van der Waals surface area (Å²) in [7, 11) is -0.764. The van der Waals surface area contributed by atoms with Gasteiger partial charge in [-0.3, -0.25) is 4.79 Å². The molecule has 128 valence electrons. The van der Waals surface area contributed by atoms with Gasteiger partial charge in [0.25, 0.3) is 5.91 Å². The third kappa shape index (κ3) is 4.05. The molecule has 0 radical (unpaired) electrons. The lowest BCUT2D eigenvalue weighted by atomic mass is 10.2. The largest absolute Gasteiger partial charge is 0.322 e. The van der Waals surface area contributed by atoms with E-state index in [9.17, 15) is 13.2 Å². The van der Waals surface area contributed by atoms with Crippen molar-refractivity contribution in [3.63, 3.8) is 0 Å². The highest BCUT2D eigenvalue weighted by atomic mass is 79.9. The highest BCUT2D eigenvalue weighted by Crippen LogP contribution is 2.26. The zero-order chi connectivity index (χ0) is 18.1. The number of benzene rings is 2. The first kappa shape index (κ1) is 19.1. The van der Waals surface area contributed by atoms with E-state index in [1.54, 1.807) is 24.3 Å². The van der Waals surface area contributed by atoms with Gasteiger partial charge in [0.2, 0.25) is 10.0 Å². The molecule has 24 heavy (non-hydrogen) atoms. The van der Waals surface area contributed by atoms with Crippen molar-refractivity contribution in [3.05, 3.63) is 56.5 Å². The lowest BCUT2D eigenvalue weighted by molar-refractivity contribution is 0.102. The van der Waals surface area contributed by atoms with Crippen molar-refractivity contribution in [2.24, 2.45) is 0 Å². The minimum absolute atomic E-state index is 0.0465. The maximum Gasteiger partial charge on any atom is 0.255 e. The van der Waals surface area contributed by atoms with E-state index in [4.69, 9.17) is 0 Å². The zero-order valence-corrected chi connectivity index (χ0v) is 17.3. The summed E-state index contributed by atoms with van der Waals surface area (Å²) in [5.41, 5.74) is 1.93. The van der Waals surface area contributed by atoms with Crippen LogP contribution in [-0.2, 0) is 10.0 Å². The van der Waals surface area contributed by atoms with E-state index in [-0.39, 0.29) is 16.4 Å². The molecule has 0 aromatic heterocycles. The topological polar surface area (TPSA) is 66.5 Å². The van der Waals surface area contributed by atoms with Crippen LogP contribution in [-0.4, -0.2) is 32.7 Å². The van der Waals surface area contributed by atoms with Gasteiger partial charge in [0, 0.05) is 34.3 Å². The van der Waals surface area contributed by atoms with Crippen LogP contribution in [0.4, 0.5) is 5.69 Å². The summed E-state index contributed by atoms with van der Waals surface area (Å²) in [5, 5.41) is 2.76. The first-order valence-electron chi connectivity index (χ1n) is 6.92. The van der Waals surface area contributed by atoms with Gasteiger partial charge in [-0.2, -0.15) is 0 Å². The zero-order valence-electron chi connectivity index (χ0n) is 13.3. The quantitative estimate of drug-likeness (QED) is 0.726. The van der Waals surface area contributed by atoms with E-state index in [1.165, 1.54) is 20.2 Å². The molecule has 0 saturated heterocycles. The van der Waals surface area contributed by atoms with Gasteiger partial charge in [-0.1, -0.05) is 22.0 Å². The normalized spacial score (nSPS) is 11.6. The first-order valence-corrected chi connectivity index (χ1v) is 9.95. The Morgan fingerprint density at radius 3 is 2.29 bits per heavy atom. The number of amides is 1. The van der Waals surface area contributed by atoms with Gasteiger partial charge < -0.3 is 5.32 Å². The average molecular weight is 476 g/mol. The third-order valence-corrected chi connectivity index (χ3v) is 7.05. The van der Waals surface area contributed by atoms with Crippen molar-refractivity contribution < 1.29 is 13.2 Å². The number of nitrogens with zero attached hydrogens (tertiary/aromatic N) is 1. The molecular weight excluding hydrogens is 460 g/mol. The minimum Gasteiger partial charge on any atom is -0.322 e. The van der Waals surface area contributed by atoms with Crippen molar-refractivity contribution in [2.75, 3.05) is 19.4 Å². The summed E-state index contributed by atoms with van der Waals surface area (Å²) >= 11 is 6.64. The van der Waals surface area contributed by atoms with E-state index in [2.05, 4.69) is 37.2 Å². The summed E-state index contributed by atoms with van der Waals surface area (Å²) in [4.78, 5) is 12.5. The van der Waals surface area contributed by atoms with Crippen LogP contribution in [0.5, 0.6) is 0 Å². The molecule has 0 fully saturated rings. The summed E-state index contributed by atoms with van der Waals surface area (Å²) < 4.78 is 27.0. The van der Waals surface area contributed by atoms with Crippen LogP contribution >= 0.6 is 31.9 Å². The van der Waals surface area contributed by atoms with Gasteiger partial charge in [0.05, 0.1) is 4.90 Å². The van der Waals surface area contributed by atoms with Crippen LogP contribution < -0.4 is 5.32 Å². The predicted molar refractivity (Wildman–Crippen MR) is 102 cm³/mol. The van der Waals surface area contributed by atoms with Crippen molar-refractivity contribution >= 4 is 53.5 Å². The van der Waals surface area contributed by atoms with Gasteiger partial charge >= 0.3 is 0 Å². The van der Waals surface area contributed by atoms with Gasteiger partial charge in [0.1, 0.15) is 0 Å². The highest BCUT2D eigenvalue weighted by molar-refractivity contribution is 9.10. The molecule has 1 N–H and O–H groups in total. The van der Waals surface area contributed by atoms with Crippen LogP contribution in [0.25, 0.3) is 0 Å². The Kier molecular flexibility index (Phi) is 5.85. The maximum absolute atomic E-state index is 12.4. The van der Waals surface area contributed by atoms with E-state index in [1.807, 2.05) is 13.0 Å². The van der Waals surface area contributed by atoms with E-state index >= 15 is 0 Å². The number of halogens is 2. The van der Waals surface area contributed by atoms with Crippen molar-refractivity contribution in [3.8, 4) is 0 Å². The maximum atomic E-state index is 12.4. The van der Waals surface area contributed by atoms with E-state index < -0.39 is 10.0 Å². The van der Waals surface area contributed by atoms with Crippen LogP contribution in [0.1, 0.15) is 15.9 Å². The number of hydrogen-bond acceptors (Lipinski definition) is 3. The number of aryl methyl sites for hydroxylation is 1. The Morgan fingerprint density at radius 1 is 1.04 bits per heavy atom. The molecule has 0 aliphatic rings. The SMILES string of the molecule is Cc1ccc(NC(=O)c2ccc(Br)c(S(=O)(=O)N(C)C)c2)cc1Br. The van der Waals surface area contributed by atoms with Crippen LogP contribution in [0.15, 0.2) is 50.2 Å². The highest BCUT2D eigenvalue weighted by Gasteiger charge is 2.22. The molecule has 0 atom stereocenters. The molecular formula is C16H16Br2N2O3S. The molecule has 0 aliphatic heterocycles. The number of sulfonamides is 1. The standard InChI is InChI=1S/C16H16Br2N2O3S/c1-10-4-6-12(9-14(10)18)19-16(21)11-5-7-13(17)15(8-11)24(22,23)20(2)3/h4-9H,1-3H3,(H,19,21). The van der Waals surface area contributed by atoms with Crippen molar-refractivity contribution in [1.29, 1.82) is 0 Å². The number of carbonyl (C=O) groups excluding carboxylic acids is 1. The summed E-state index contributed by atoms with van der Waals surface area (Å²) in [6, 6.07) is 9.94. The van der Waals surface area contributed by atoms with Gasteiger partial charge in [-0.05, 0) is 58.7 Å².